The van der Waals surface area contributed by atoms with Crippen LogP contribution < -0.4 is 5.73 Å². The van der Waals surface area contributed by atoms with Gasteiger partial charge in [-0.05, 0) is 24.1 Å². The van der Waals surface area contributed by atoms with Crippen molar-refractivity contribution in [2.75, 3.05) is 5.73 Å². The second-order valence-electron chi connectivity index (χ2n) is 3.85. The van der Waals surface area contributed by atoms with Gasteiger partial charge in [-0.3, -0.25) is 0 Å². The molecule has 3 N–H and O–H groups in total. The molecule has 0 unspecified atom stereocenters. The summed E-state index contributed by atoms with van der Waals surface area (Å²) in [5, 5.41) is 7.18. The van der Waals surface area contributed by atoms with Crippen LogP contribution >= 0.6 is 0 Å². The van der Waals surface area contributed by atoms with Crippen molar-refractivity contribution in [1.29, 1.82) is 5.41 Å². The maximum absolute atomic E-state index is 7.18. The standard InChI is InChI=1S/C14H14N2/c1-10-2-4-11(5-3-10)12-6-7-13(9-15)14(16)8-12/h2-9,15H,16H2,1H3. The monoisotopic (exact) mass is 210 g/mol. The molecule has 0 heterocycles. The summed E-state index contributed by atoms with van der Waals surface area (Å²) in [6.45, 7) is 2.07. The summed E-state index contributed by atoms with van der Waals surface area (Å²) in [7, 11) is 0. The summed E-state index contributed by atoms with van der Waals surface area (Å²) in [5.74, 6) is 0. The number of aryl methyl sites for hydroxylation is 1. The Labute approximate surface area is 95.2 Å². The summed E-state index contributed by atoms with van der Waals surface area (Å²) in [6.07, 6.45) is 1.27. The average molecular weight is 210 g/mol. The molecule has 0 aliphatic heterocycles. The van der Waals surface area contributed by atoms with Gasteiger partial charge in [-0.15, -0.1) is 0 Å². The molecule has 0 amide bonds. The first-order chi connectivity index (χ1) is 7.70. The van der Waals surface area contributed by atoms with E-state index in [9.17, 15) is 0 Å². The van der Waals surface area contributed by atoms with E-state index in [0.717, 1.165) is 16.7 Å². The molecule has 0 aliphatic carbocycles. The van der Waals surface area contributed by atoms with Crippen LogP contribution in [0.3, 0.4) is 0 Å². The van der Waals surface area contributed by atoms with Crippen molar-refractivity contribution < 1.29 is 0 Å². The lowest BCUT2D eigenvalue weighted by Gasteiger charge is -2.05. The first-order valence-corrected chi connectivity index (χ1v) is 5.18. The van der Waals surface area contributed by atoms with E-state index in [1.54, 1.807) is 0 Å². The number of anilines is 1. The van der Waals surface area contributed by atoms with Gasteiger partial charge in [0.1, 0.15) is 0 Å². The first-order valence-electron chi connectivity index (χ1n) is 5.18. The quantitative estimate of drug-likeness (QED) is 0.580. The third-order valence-corrected chi connectivity index (χ3v) is 2.63. The Bertz CT molecular complexity index is 513. The van der Waals surface area contributed by atoms with E-state index >= 15 is 0 Å². The van der Waals surface area contributed by atoms with Gasteiger partial charge in [0.15, 0.2) is 0 Å². The second-order valence-corrected chi connectivity index (χ2v) is 3.85. The molecule has 0 atom stereocenters. The number of nitrogens with two attached hydrogens (primary N) is 1. The molecule has 0 spiro atoms. The molecule has 0 radical (unpaired) electrons. The Kier molecular flexibility index (Phi) is 2.73. The van der Waals surface area contributed by atoms with E-state index < -0.39 is 0 Å². The summed E-state index contributed by atoms with van der Waals surface area (Å²) in [4.78, 5) is 0. The van der Waals surface area contributed by atoms with Gasteiger partial charge < -0.3 is 11.1 Å². The lowest BCUT2D eigenvalue weighted by Crippen LogP contribution is -1.93. The molecule has 0 aromatic heterocycles. The van der Waals surface area contributed by atoms with Gasteiger partial charge in [-0.1, -0.05) is 42.0 Å². The van der Waals surface area contributed by atoms with Gasteiger partial charge in [0, 0.05) is 17.5 Å². The van der Waals surface area contributed by atoms with Crippen LogP contribution in [0.1, 0.15) is 11.1 Å². The van der Waals surface area contributed by atoms with Crippen molar-refractivity contribution >= 4 is 11.9 Å². The summed E-state index contributed by atoms with van der Waals surface area (Å²) in [6, 6.07) is 14.1. The Morgan fingerprint density at radius 2 is 1.62 bits per heavy atom. The summed E-state index contributed by atoms with van der Waals surface area (Å²) in [5.41, 5.74) is 10.7. The summed E-state index contributed by atoms with van der Waals surface area (Å²) >= 11 is 0. The Balaban J connectivity index is 2.45. The highest BCUT2D eigenvalue weighted by atomic mass is 14.6. The van der Waals surface area contributed by atoms with E-state index in [4.69, 9.17) is 11.1 Å². The van der Waals surface area contributed by atoms with E-state index in [1.807, 2.05) is 18.2 Å². The van der Waals surface area contributed by atoms with Crippen molar-refractivity contribution in [1.82, 2.24) is 0 Å². The molecular formula is C14H14N2. The minimum absolute atomic E-state index is 0.646. The summed E-state index contributed by atoms with van der Waals surface area (Å²) < 4.78 is 0. The fourth-order valence-electron chi connectivity index (χ4n) is 1.63. The highest BCUT2D eigenvalue weighted by molar-refractivity contribution is 5.87. The Hall–Kier alpha value is -2.09. The van der Waals surface area contributed by atoms with Gasteiger partial charge in [0.2, 0.25) is 0 Å². The highest BCUT2D eigenvalue weighted by Gasteiger charge is 2.00. The van der Waals surface area contributed by atoms with Crippen molar-refractivity contribution in [3.05, 3.63) is 53.6 Å². The molecule has 2 aromatic rings. The normalized spacial score (nSPS) is 10.1. The van der Waals surface area contributed by atoms with Crippen LogP contribution in [0.2, 0.25) is 0 Å². The number of hydrogen-bond donors (Lipinski definition) is 2. The molecular weight excluding hydrogens is 196 g/mol. The van der Waals surface area contributed by atoms with Crippen LogP contribution in [0.4, 0.5) is 5.69 Å². The van der Waals surface area contributed by atoms with E-state index in [0.29, 0.717) is 5.69 Å². The van der Waals surface area contributed by atoms with Gasteiger partial charge in [-0.2, -0.15) is 0 Å². The SMILES string of the molecule is Cc1ccc(-c2ccc(C=N)c(N)c2)cc1. The van der Waals surface area contributed by atoms with Crippen LogP contribution in [0, 0.1) is 12.3 Å². The van der Waals surface area contributed by atoms with Gasteiger partial charge in [0.25, 0.3) is 0 Å². The zero-order valence-electron chi connectivity index (χ0n) is 9.20. The number of benzene rings is 2. The zero-order valence-corrected chi connectivity index (χ0v) is 9.20. The average Bonchev–Trinajstić information content (AvgIpc) is 2.30. The minimum atomic E-state index is 0.646. The van der Waals surface area contributed by atoms with Crippen molar-refractivity contribution in [3.63, 3.8) is 0 Å². The van der Waals surface area contributed by atoms with E-state index in [1.165, 1.54) is 11.8 Å². The molecule has 0 aliphatic rings. The maximum atomic E-state index is 7.18. The van der Waals surface area contributed by atoms with Crippen LogP contribution in [-0.4, -0.2) is 6.21 Å². The largest absolute Gasteiger partial charge is 0.398 e. The molecule has 2 aromatic carbocycles. The van der Waals surface area contributed by atoms with Gasteiger partial charge in [-0.25, -0.2) is 0 Å². The van der Waals surface area contributed by atoms with Gasteiger partial charge >= 0.3 is 0 Å². The van der Waals surface area contributed by atoms with Crippen LogP contribution in [0.15, 0.2) is 42.5 Å². The number of nitrogens with one attached hydrogen (secondary N) is 1. The number of rotatable bonds is 2. The van der Waals surface area contributed by atoms with Gasteiger partial charge in [0.05, 0.1) is 0 Å². The van der Waals surface area contributed by atoms with Crippen LogP contribution in [-0.2, 0) is 0 Å². The lowest BCUT2D eigenvalue weighted by molar-refractivity contribution is 1.47. The third kappa shape index (κ3) is 1.96. The first kappa shape index (κ1) is 10.4. The third-order valence-electron chi connectivity index (χ3n) is 2.63. The molecule has 0 saturated heterocycles. The molecule has 0 fully saturated rings. The predicted octanol–water partition coefficient (Wildman–Crippen LogP) is 3.24. The smallest absolute Gasteiger partial charge is 0.0409 e. The zero-order chi connectivity index (χ0) is 11.5. The van der Waals surface area contributed by atoms with Crippen molar-refractivity contribution in [2.45, 2.75) is 6.92 Å². The van der Waals surface area contributed by atoms with Crippen LogP contribution in [0.5, 0.6) is 0 Å². The van der Waals surface area contributed by atoms with Crippen LogP contribution in [0.25, 0.3) is 11.1 Å². The highest BCUT2D eigenvalue weighted by Crippen LogP contribution is 2.23. The fourth-order valence-corrected chi connectivity index (χ4v) is 1.63. The maximum Gasteiger partial charge on any atom is 0.0409 e. The van der Waals surface area contributed by atoms with E-state index in [2.05, 4.69) is 31.2 Å². The molecule has 0 saturated carbocycles. The molecule has 2 nitrogen and oxygen atoms in total. The molecule has 2 rings (SSSR count). The number of hydrogen-bond acceptors (Lipinski definition) is 2. The van der Waals surface area contributed by atoms with E-state index in [-0.39, 0.29) is 0 Å². The topological polar surface area (TPSA) is 49.9 Å². The molecule has 0 bridgehead atoms. The van der Waals surface area contributed by atoms with Crippen molar-refractivity contribution in [2.24, 2.45) is 0 Å². The predicted molar refractivity (Wildman–Crippen MR) is 68.9 cm³/mol. The fraction of sp³-hybridized carbons (Fsp3) is 0.0714. The second kappa shape index (κ2) is 4.19. The van der Waals surface area contributed by atoms with Crippen molar-refractivity contribution in [3.8, 4) is 11.1 Å². The Morgan fingerprint density at radius 1 is 1.00 bits per heavy atom. The molecule has 16 heavy (non-hydrogen) atoms. The lowest BCUT2D eigenvalue weighted by atomic mass is 10.0. The number of nitrogen functional groups attached to an aromatic ring is 1. The minimum Gasteiger partial charge on any atom is -0.398 e. The molecule has 80 valence electrons. The Morgan fingerprint density at radius 3 is 2.19 bits per heavy atom. The molecule has 2 heteroatoms.